The largest absolute Gasteiger partial charge is 0.340 e. The van der Waals surface area contributed by atoms with E-state index < -0.39 is 0 Å². The third kappa shape index (κ3) is 3.87. The van der Waals surface area contributed by atoms with Crippen molar-refractivity contribution in [1.29, 1.82) is 0 Å². The Kier molecular flexibility index (Phi) is 5.69. The summed E-state index contributed by atoms with van der Waals surface area (Å²) in [5.41, 5.74) is 5.20. The molecule has 190 valence electrons. The van der Waals surface area contributed by atoms with Gasteiger partial charge in [-0.1, -0.05) is 73.6 Å². The molecule has 7 rings (SSSR count). The maximum atomic E-state index is 6.04. The molecule has 0 saturated heterocycles. The predicted octanol–water partition coefficient (Wildman–Crippen LogP) is 5.85. The lowest BCUT2D eigenvalue weighted by atomic mass is 9.90. The average Bonchev–Trinajstić information content (AvgIpc) is 3.52. The van der Waals surface area contributed by atoms with E-state index in [1.807, 2.05) is 49.6 Å². The van der Waals surface area contributed by atoms with E-state index in [0.717, 1.165) is 63.5 Å². The molecule has 1 fully saturated rings. The van der Waals surface area contributed by atoms with Gasteiger partial charge in [0.2, 0.25) is 5.96 Å². The predicted molar refractivity (Wildman–Crippen MR) is 156 cm³/mol. The molecule has 3 aliphatic rings. The molecule has 4 heterocycles. The van der Waals surface area contributed by atoms with E-state index in [1.165, 1.54) is 12.8 Å². The summed E-state index contributed by atoms with van der Waals surface area (Å²) in [7, 11) is 2.04. The molecule has 1 saturated carbocycles. The molecule has 0 bridgehead atoms. The lowest BCUT2D eigenvalue weighted by Gasteiger charge is -2.37. The highest BCUT2D eigenvalue weighted by Gasteiger charge is 2.47. The zero-order valence-electron chi connectivity index (χ0n) is 21.3. The summed E-state index contributed by atoms with van der Waals surface area (Å²) in [6.45, 7) is 0.616. The molecule has 0 unspecified atom stereocenters. The van der Waals surface area contributed by atoms with Crippen LogP contribution in [0, 0.1) is 0 Å². The fraction of sp³-hybridized carbons (Fsp3) is 0.267. The van der Waals surface area contributed by atoms with Crippen LogP contribution in [0.2, 0.25) is 0 Å². The Balaban J connectivity index is 1.30. The Bertz CT molecular complexity index is 1510. The minimum absolute atomic E-state index is 0.310. The third-order valence-electron chi connectivity index (χ3n) is 7.79. The van der Waals surface area contributed by atoms with Crippen molar-refractivity contribution >= 4 is 40.5 Å². The van der Waals surface area contributed by atoms with Crippen molar-refractivity contribution in [2.45, 2.75) is 44.3 Å². The van der Waals surface area contributed by atoms with Gasteiger partial charge in [-0.2, -0.15) is 5.10 Å². The Morgan fingerprint density at radius 2 is 1.74 bits per heavy atom. The van der Waals surface area contributed by atoms with Gasteiger partial charge in [-0.15, -0.1) is 0 Å². The Morgan fingerprint density at radius 1 is 0.947 bits per heavy atom. The molecule has 2 aromatic carbocycles. The van der Waals surface area contributed by atoms with Crippen LogP contribution in [0.5, 0.6) is 0 Å². The number of guanidine groups is 1. The van der Waals surface area contributed by atoms with E-state index in [4.69, 9.17) is 22.3 Å². The van der Waals surface area contributed by atoms with Crippen molar-refractivity contribution in [3.63, 3.8) is 0 Å². The summed E-state index contributed by atoms with van der Waals surface area (Å²) in [5, 5.41) is 8.86. The van der Waals surface area contributed by atoms with Crippen LogP contribution in [0.3, 0.4) is 0 Å². The van der Waals surface area contributed by atoms with E-state index in [2.05, 4.69) is 61.2 Å². The van der Waals surface area contributed by atoms with Crippen LogP contribution in [0.1, 0.15) is 36.8 Å². The molecule has 0 amide bonds. The topological polar surface area (TPSA) is 61.6 Å². The Morgan fingerprint density at radius 3 is 2.53 bits per heavy atom. The lowest BCUT2D eigenvalue weighted by Crippen LogP contribution is -2.52. The molecule has 4 aromatic rings. The highest BCUT2D eigenvalue weighted by atomic mass is 32.1. The highest BCUT2D eigenvalue weighted by Crippen LogP contribution is 2.42. The maximum Gasteiger partial charge on any atom is 0.208 e. The van der Waals surface area contributed by atoms with Gasteiger partial charge in [-0.05, 0) is 42.7 Å². The second kappa shape index (κ2) is 9.36. The molecule has 2 aromatic heterocycles. The first-order chi connectivity index (χ1) is 18.7. The number of nitrogens with one attached hydrogen (secondary N) is 1. The van der Waals surface area contributed by atoms with E-state index in [1.54, 1.807) is 0 Å². The molecule has 38 heavy (non-hydrogen) atoms. The summed E-state index contributed by atoms with van der Waals surface area (Å²) >= 11 is 6.04. The van der Waals surface area contributed by atoms with Gasteiger partial charge < -0.3 is 10.2 Å². The van der Waals surface area contributed by atoms with Gasteiger partial charge in [0.25, 0.3) is 0 Å². The Hall–Kier alpha value is -4.04. The van der Waals surface area contributed by atoms with Crippen LogP contribution in [-0.4, -0.2) is 49.7 Å². The van der Waals surface area contributed by atoms with Crippen molar-refractivity contribution in [3.8, 4) is 11.3 Å². The first-order valence-corrected chi connectivity index (χ1v) is 13.7. The molecular weight excluding hydrogens is 490 g/mol. The van der Waals surface area contributed by atoms with Crippen LogP contribution in [0.25, 0.3) is 11.3 Å². The first-order valence-electron chi connectivity index (χ1n) is 13.3. The summed E-state index contributed by atoms with van der Waals surface area (Å²) in [6, 6.07) is 25.4. The molecule has 1 aliphatic carbocycles. The summed E-state index contributed by atoms with van der Waals surface area (Å²) in [6.07, 6.45) is 6.53. The number of fused-ring (bicyclic) bond motifs is 5. The van der Waals surface area contributed by atoms with E-state index >= 15 is 0 Å². The number of thiocarbonyl (C=S) groups is 1. The third-order valence-corrected chi connectivity index (χ3v) is 8.26. The van der Waals surface area contributed by atoms with Gasteiger partial charge in [0.05, 0.1) is 29.9 Å². The number of aromatic nitrogens is 3. The van der Waals surface area contributed by atoms with Gasteiger partial charge in [0, 0.05) is 24.5 Å². The number of hydrogen-bond donors (Lipinski definition) is 1. The second-order valence-electron chi connectivity index (χ2n) is 10.2. The van der Waals surface area contributed by atoms with E-state index in [9.17, 15) is 0 Å². The molecule has 2 atom stereocenters. The van der Waals surface area contributed by atoms with Crippen LogP contribution < -0.4 is 10.2 Å². The number of nitrogens with zero attached hydrogens (tertiary/aromatic N) is 6. The summed E-state index contributed by atoms with van der Waals surface area (Å²) < 4.78 is 2.06. The van der Waals surface area contributed by atoms with Crippen molar-refractivity contribution in [3.05, 3.63) is 90.1 Å². The average molecular weight is 520 g/mol. The minimum atomic E-state index is 0.310. The smallest absolute Gasteiger partial charge is 0.208 e. The normalized spacial score (nSPS) is 20.0. The second-order valence-corrected chi connectivity index (χ2v) is 10.6. The Labute approximate surface area is 227 Å². The van der Waals surface area contributed by atoms with Crippen molar-refractivity contribution in [2.24, 2.45) is 4.99 Å². The molecule has 8 heteroatoms. The van der Waals surface area contributed by atoms with Gasteiger partial charge in [0.15, 0.2) is 5.82 Å². The molecule has 7 nitrogen and oxygen atoms in total. The van der Waals surface area contributed by atoms with Crippen LogP contribution in [0.4, 0.5) is 17.3 Å². The number of rotatable bonds is 5. The van der Waals surface area contributed by atoms with Crippen LogP contribution in [0.15, 0.2) is 84.0 Å². The number of benzene rings is 2. The molecule has 2 aliphatic heterocycles. The molecule has 1 N–H and O–H groups in total. The lowest BCUT2D eigenvalue weighted by molar-refractivity contribution is 0.402. The molecule has 0 spiro atoms. The number of anilines is 3. The quantitative estimate of drug-likeness (QED) is 0.334. The van der Waals surface area contributed by atoms with Crippen molar-refractivity contribution in [1.82, 2.24) is 19.7 Å². The SMILES string of the molecule is CN1C(=S)c2c(nn(Cc3ccc(-c4ccccn4)cc3)c2Nc2ccccc2)N2C1=N[C@H]1CCCC[C@H]12. The first kappa shape index (κ1) is 23.1. The standard InChI is InChI=1S/C30H29N7S/c1-35-29(38)26-27(32-22-9-3-2-4-10-22)36(19-20-14-16-21(17-15-20)23-11-7-8-18-31-23)34-28(26)37-25-13-6-5-12-24(25)33-30(35)37/h2-4,7-11,14-18,24-25,32H,5-6,12-13,19H2,1H3/t24-,25+/m0/s1. The molecule has 0 radical (unpaired) electrons. The number of aliphatic imine (C=N–C) groups is 1. The zero-order chi connectivity index (χ0) is 25.6. The maximum absolute atomic E-state index is 6.04. The summed E-state index contributed by atoms with van der Waals surface area (Å²) in [5.74, 6) is 2.77. The number of para-hydroxylation sites is 1. The van der Waals surface area contributed by atoms with Gasteiger partial charge in [0.1, 0.15) is 10.8 Å². The molecular formula is C30H29N7S. The highest BCUT2D eigenvalue weighted by molar-refractivity contribution is 7.80. The van der Waals surface area contributed by atoms with Crippen molar-refractivity contribution < 1.29 is 0 Å². The van der Waals surface area contributed by atoms with Crippen LogP contribution in [-0.2, 0) is 6.54 Å². The van der Waals surface area contributed by atoms with E-state index in [0.29, 0.717) is 18.6 Å². The van der Waals surface area contributed by atoms with E-state index in [-0.39, 0.29) is 0 Å². The van der Waals surface area contributed by atoms with Gasteiger partial charge >= 0.3 is 0 Å². The number of hydrogen-bond acceptors (Lipinski definition) is 6. The van der Waals surface area contributed by atoms with Gasteiger partial charge in [-0.25, -0.2) is 9.67 Å². The van der Waals surface area contributed by atoms with Crippen LogP contribution >= 0.6 is 12.2 Å². The zero-order valence-corrected chi connectivity index (χ0v) is 22.1. The number of pyridine rings is 1. The van der Waals surface area contributed by atoms with Crippen molar-refractivity contribution in [2.75, 3.05) is 17.3 Å². The fourth-order valence-electron chi connectivity index (χ4n) is 5.86. The minimum Gasteiger partial charge on any atom is -0.340 e. The summed E-state index contributed by atoms with van der Waals surface area (Å²) in [4.78, 5) is 14.8. The fourth-order valence-corrected chi connectivity index (χ4v) is 6.13. The monoisotopic (exact) mass is 519 g/mol. The van der Waals surface area contributed by atoms with Gasteiger partial charge in [-0.3, -0.25) is 9.88 Å².